The third-order valence-electron chi connectivity index (χ3n) is 2.32. The van der Waals surface area contributed by atoms with E-state index in [1.807, 2.05) is 0 Å². The van der Waals surface area contributed by atoms with Crippen LogP contribution in [0, 0.1) is 15.9 Å². The van der Waals surface area contributed by atoms with E-state index in [0.717, 1.165) is 18.2 Å². The van der Waals surface area contributed by atoms with Crippen molar-refractivity contribution in [1.82, 2.24) is 5.32 Å². The van der Waals surface area contributed by atoms with Crippen molar-refractivity contribution in [2.24, 2.45) is 0 Å². The molecule has 1 aromatic rings. The molecule has 0 bridgehead atoms. The predicted octanol–water partition coefficient (Wildman–Crippen LogP) is 1.42. The van der Waals surface area contributed by atoms with E-state index in [0.29, 0.717) is 0 Å². The fourth-order valence-corrected chi connectivity index (χ4v) is 1.46. The molecule has 1 N–H and O–H groups in total. The Kier molecular flexibility index (Phi) is 5.57. The number of nitrogens with zero attached hydrogens (tertiary/aromatic N) is 1. The molecule has 108 valence electrons. The maximum Gasteiger partial charge on any atom is 0.307 e. The van der Waals surface area contributed by atoms with E-state index in [2.05, 4.69) is 10.1 Å². The number of rotatable bonds is 6. The van der Waals surface area contributed by atoms with E-state index in [4.69, 9.17) is 0 Å². The van der Waals surface area contributed by atoms with Crippen LogP contribution in [0.4, 0.5) is 10.1 Å². The number of esters is 1. The average molecular weight is 284 g/mol. The Morgan fingerprint density at radius 1 is 1.45 bits per heavy atom. The molecule has 0 aliphatic rings. The molecule has 1 amide bonds. The largest absolute Gasteiger partial charge is 0.466 e. The van der Waals surface area contributed by atoms with Gasteiger partial charge in [0.25, 0.3) is 11.6 Å². The highest BCUT2D eigenvalue weighted by Gasteiger charge is 2.20. The van der Waals surface area contributed by atoms with Crippen LogP contribution in [0.1, 0.15) is 23.7 Å². The summed E-state index contributed by atoms with van der Waals surface area (Å²) >= 11 is 0. The molecule has 0 fully saturated rings. The van der Waals surface area contributed by atoms with Gasteiger partial charge in [-0.15, -0.1) is 0 Å². The number of nitro benzene ring substituents is 1. The Morgan fingerprint density at radius 3 is 2.75 bits per heavy atom. The topological polar surface area (TPSA) is 98.5 Å². The van der Waals surface area contributed by atoms with E-state index in [1.54, 1.807) is 6.92 Å². The summed E-state index contributed by atoms with van der Waals surface area (Å²) in [7, 11) is 0. The second-order valence-corrected chi connectivity index (χ2v) is 3.73. The first-order valence-electron chi connectivity index (χ1n) is 5.83. The van der Waals surface area contributed by atoms with Crippen molar-refractivity contribution in [2.75, 3.05) is 13.2 Å². The number of hydrogen-bond donors (Lipinski definition) is 1. The van der Waals surface area contributed by atoms with Crippen molar-refractivity contribution in [3.8, 4) is 0 Å². The Hall–Kier alpha value is -2.51. The van der Waals surface area contributed by atoms with Crippen LogP contribution >= 0.6 is 0 Å². The summed E-state index contributed by atoms with van der Waals surface area (Å²) in [6.07, 6.45) is -0.0668. The molecule has 1 aromatic carbocycles. The summed E-state index contributed by atoms with van der Waals surface area (Å²) in [6, 6.07) is 2.58. The molecule has 0 aliphatic heterocycles. The lowest BCUT2D eigenvalue weighted by Gasteiger charge is -2.06. The third-order valence-corrected chi connectivity index (χ3v) is 2.32. The highest BCUT2D eigenvalue weighted by atomic mass is 19.1. The molecule has 0 aromatic heterocycles. The van der Waals surface area contributed by atoms with Crippen LogP contribution in [0.2, 0.25) is 0 Å². The number of hydrogen-bond acceptors (Lipinski definition) is 5. The maximum atomic E-state index is 13.0. The summed E-state index contributed by atoms with van der Waals surface area (Å²) in [6.45, 7) is 1.82. The molecular weight excluding hydrogens is 271 g/mol. The monoisotopic (exact) mass is 284 g/mol. The fraction of sp³-hybridized carbons (Fsp3) is 0.333. The van der Waals surface area contributed by atoms with Gasteiger partial charge in [-0.1, -0.05) is 0 Å². The van der Waals surface area contributed by atoms with E-state index in [1.165, 1.54) is 0 Å². The van der Waals surface area contributed by atoms with Crippen LogP contribution in [0.25, 0.3) is 0 Å². The first kappa shape index (κ1) is 15.5. The molecule has 0 saturated carbocycles. The number of carbonyl (C=O) groups is 2. The van der Waals surface area contributed by atoms with Gasteiger partial charge >= 0.3 is 5.97 Å². The fourth-order valence-electron chi connectivity index (χ4n) is 1.46. The molecule has 0 saturated heterocycles. The lowest BCUT2D eigenvalue weighted by Crippen LogP contribution is -2.27. The molecular formula is C12H13FN2O5. The lowest BCUT2D eigenvalue weighted by molar-refractivity contribution is -0.385. The molecule has 0 radical (unpaired) electrons. The van der Waals surface area contributed by atoms with Crippen molar-refractivity contribution < 1.29 is 23.6 Å². The zero-order chi connectivity index (χ0) is 15.1. The first-order chi connectivity index (χ1) is 9.45. The van der Waals surface area contributed by atoms with Gasteiger partial charge in [0, 0.05) is 12.6 Å². The second kappa shape index (κ2) is 7.17. The van der Waals surface area contributed by atoms with Gasteiger partial charge in [0.15, 0.2) is 0 Å². The lowest BCUT2D eigenvalue weighted by atomic mass is 10.1. The highest BCUT2D eigenvalue weighted by molar-refractivity contribution is 5.98. The third kappa shape index (κ3) is 4.30. The number of ether oxygens (including phenoxy) is 1. The van der Waals surface area contributed by atoms with Crippen LogP contribution in [0.15, 0.2) is 18.2 Å². The molecule has 8 heteroatoms. The number of halogens is 1. The van der Waals surface area contributed by atoms with Crippen molar-refractivity contribution >= 4 is 17.6 Å². The summed E-state index contributed by atoms with van der Waals surface area (Å²) < 4.78 is 17.7. The number of benzene rings is 1. The number of carbonyl (C=O) groups excluding carboxylic acids is 2. The first-order valence-corrected chi connectivity index (χ1v) is 5.83. The van der Waals surface area contributed by atoms with Crippen LogP contribution < -0.4 is 5.32 Å². The SMILES string of the molecule is CCOC(=O)CCNC(=O)c1cc(F)ccc1[N+](=O)[O-]. The van der Waals surface area contributed by atoms with E-state index in [9.17, 15) is 24.1 Å². The van der Waals surface area contributed by atoms with E-state index in [-0.39, 0.29) is 25.1 Å². The van der Waals surface area contributed by atoms with Crippen LogP contribution in [0.3, 0.4) is 0 Å². The van der Waals surface area contributed by atoms with Gasteiger partial charge in [-0.25, -0.2) is 4.39 Å². The van der Waals surface area contributed by atoms with Gasteiger partial charge in [-0.2, -0.15) is 0 Å². The zero-order valence-corrected chi connectivity index (χ0v) is 10.7. The highest BCUT2D eigenvalue weighted by Crippen LogP contribution is 2.19. The minimum absolute atomic E-state index is 0.0503. The van der Waals surface area contributed by atoms with Gasteiger partial charge < -0.3 is 10.1 Å². The van der Waals surface area contributed by atoms with Crippen LogP contribution in [-0.4, -0.2) is 30.0 Å². The maximum absolute atomic E-state index is 13.0. The number of amides is 1. The van der Waals surface area contributed by atoms with Crippen molar-refractivity contribution in [3.05, 3.63) is 39.7 Å². The van der Waals surface area contributed by atoms with Gasteiger partial charge in [0.1, 0.15) is 11.4 Å². The van der Waals surface area contributed by atoms with Gasteiger partial charge in [0.2, 0.25) is 0 Å². The molecule has 7 nitrogen and oxygen atoms in total. The van der Waals surface area contributed by atoms with E-state index >= 15 is 0 Å². The van der Waals surface area contributed by atoms with Crippen LogP contribution in [-0.2, 0) is 9.53 Å². The van der Waals surface area contributed by atoms with Gasteiger partial charge in [-0.3, -0.25) is 19.7 Å². The quantitative estimate of drug-likeness (QED) is 0.484. The molecule has 1 rings (SSSR count). The molecule has 0 spiro atoms. The summed E-state index contributed by atoms with van der Waals surface area (Å²) in [5.74, 6) is -2.08. The Balaban J connectivity index is 2.70. The Bertz CT molecular complexity index is 533. The minimum Gasteiger partial charge on any atom is -0.466 e. The predicted molar refractivity (Wildman–Crippen MR) is 66.6 cm³/mol. The molecule has 0 heterocycles. The minimum atomic E-state index is -0.819. The summed E-state index contributed by atoms with van der Waals surface area (Å²) in [5.41, 5.74) is -0.890. The number of nitro groups is 1. The zero-order valence-electron chi connectivity index (χ0n) is 10.7. The van der Waals surface area contributed by atoms with E-state index < -0.39 is 28.3 Å². The molecule has 0 unspecified atom stereocenters. The molecule has 20 heavy (non-hydrogen) atoms. The Labute approximate surface area is 113 Å². The number of nitrogens with one attached hydrogen (secondary N) is 1. The standard InChI is InChI=1S/C12H13FN2O5/c1-2-20-11(16)5-6-14-12(17)9-7-8(13)3-4-10(9)15(18)19/h3-4,7H,2,5-6H2,1H3,(H,14,17). The molecule has 0 aliphatic carbocycles. The smallest absolute Gasteiger partial charge is 0.307 e. The van der Waals surface area contributed by atoms with Crippen LogP contribution in [0.5, 0.6) is 0 Å². The molecule has 0 atom stereocenters. The summed E-state index contributed by atoms with van der Waals surface area (Å²) in [4.78, 5) is 32.7. The Morgan fingerprint density at radius 2 is 2.15 bits per heavy atom. The average Bonchev–Trinajstić information content (AvgIpc) is 2.38. The van der Waals surface area contributed by atoms with Crippen molar-refractivity contribution in [3.63, 3.8) is 0 Å². The van der Waals surface area contributed by atoms with Gasteiger partial charge in [-0.05, 0) is 19.1 Å². The second-order valence-electron chi connectivity index (χ2n) is 3.73. The van der Waals surface area contributed by atoms with Crippen molar-refractivity contribution in [1.29, 1.82) is 0 Å². The summed E-state index contributed by atoms with van der Waals surface area (Å²) in [5, 5.41) is 13.0. The normalized spacial score (nSPS) is 9.90. The van der Waals surface area contributed by atoms with Gasteiger partial charge in [0.05, 0.1) is 18.0 Å². The van der Waals surface area contributed by atoms with Crippen molar-refractivity contribution in [2.45, 2.75) is 13.3 Å².